The van der Waals surface area contributed by atoms with Crippen LogP contribution in [-0.4, -0.2) is 82.4 Å². The van der Waals surface area contributed by atoms with Gasteiger partial charge < -0.3 is 24.8 Å². The number of aromatic nitrogens is 2. The molecule has 3 saturated heterocycles. The van der Waals surface area contributed by atoms with E-state index in [0.29, 0.717) is 29.8 Å². The molecule has 0 atom stereocenters. The summed E-state index contributed by atoms with van der Waals surface area (Å²) in [4.78, 5) is 41.2. The molecule has 2 amide bonds. The third kappa shape index (κ3) is 5.79. The highest BCUT2D eigenvalue weighted by molar-refractivity contribution is 5.97. The summed E-state index contributed by atoms with van der Waals surface area (Å²) in [6, 6.07) is 4.05. The number of hydrogen-bond donors (Lipinski definition) is 1. The molecular formula is C35H47FN6O3. The van der Waals surface area contributed by atoms with Crippen molar-refractivity contribution in [2.75, 3.05) is 44.2 Å². The molecule has 45 heavy (non-hydrogen) atoms. The third-order valence-corrected chi connectivity index (χ3v) is 11.5. The van der Waals surface area contributed by atoms with Crippen molar-refractivity contribution >= 4 is 17.6 Å². The van der Waals surface area contributed by atoms with Gasteiger partial charge in [0.05, 0.1) is 17.2 Å². The number of nitrogens with zero attached hydrogens (tertiary/aromatic N) is 5. The lowest BCUT2D eigenvalue weighted by molar-refractivity contribution is -0.124. The maximum absolute atomic E-state index is 14.3. The monoisotopic (exact) mass is 618 g/mol. The highest BCUT2D eigenvalue weighted by Crippen LogP contribution is 2.58. The Morgan fingerprint density at radius 3 is 2.49 bits per heavy atom. The van der Waals surface area contributed by atoms with Crippen molar-refractivity contribution in [3.63, 3.8) is 0 Å². The van der Waals surface area contributed by atoms with Crippen molar-refractivity contribution in [3.8, 4) is 11.5 Å². The maximum atomic E-state index is 14.3. The number of benzene rings is 1. The Kier molecular flexibility index (Phi) is 7.77. The van der Waals surface area contributed by atoms with Crippen LogP contribution >= 0.6 is 0 Å². The number of halogens is 1. The van der Waals surface area contributed by atoms with Crippen molar-refractivity contribution in [1.29, 1.82) is 0 Å². The van der Waals surface area contributed by atoms with Gasteiger partial charge >= 0.3 is 0 Å². The van der Waals surface area contributed by atoms with Gasteiger partial charge in [-0.15, -0.1) is 0 Å². The number of likely N-dealkylation sites (tertiary alicyclic amines) is 1. The summed E-state index contributed by atoms with van der Waals surface area (Å²) in [5, 5.41) is 3.42. The van der Waals surface area contributed by atoms with Crippen molar-refractivity contribution < 1.29 is 18.7 Å². The molecule has 3 aliphatic heterocycles. The normalized spacial score (nSPS) is 26.7. The first-order valence-corrected chi connectivity index (χ1v) is 17.0. The second kappa shape index (κ2) is 11.5. The molecule has 10 heteroatoms. The van der Waals surface area contributed by atoms with Crippen LogP contribution in [0.1, 0.15) is 88.9 Å². The number of ether oxygens (including phenoxy) is 1. The van der Waals surface area contributed by atoms with Gasteiger partial charge in [-0.05, 0) is 116 Å². The molecule has 4 heterocycles. The Bertz CT molecular complexity index is 1440. The number of rotatable bonds is 8. The highest BCUT2D eigenvalue weighted by atomic mass is 19.1. The van der Waals surface area contributed by atoms with E-state index in [1.807, 2.05) is 20.8 Å². The molecule has 1 aromatic heterocycles. The molecule has 7 rings (SSSR count). The predicted molar refractivity (Wildman–Crippen MR) is 170 cm³/mol. The van der Waals surface area contributed by atoms with E-state index in [-0.39, 0.29) is 33.9 Å². The Hall–Kier alpha value is -3.27. The Labute approximate surface area is 265 Å². The van der Waals surface area contributed by atoms with Crippen LogP contribution in [0.15, 0.2) is 30.7 Å². The average molecular weight is 619 g/mol. The van der Waals surface area contributed by atoms with Crippen LogP contribution in [-0.2, 0) is 4.79 Å². The molecule has 1 aromatic carbocycles. The van der Waals surface area contributed by atoms with Crippen LogP contribution in [0.25, 0.3) is 0 Å². The fraction of sp³-hybridized carbons (Fsp3) is 0.657. The summed E-state index contributed by atoms with van der Waals surface area (Å²) in [5.41, 5.74) is 0.571. The zero-order chi connectivity index (χ0) is 31.4. The molecule has 0 bridgehead atoms. The summed E-state index contributed by atoms with van der Waals surface area (Å²) in [7, 11) is 0. The summed E-state index contributed by atoms with van der Waals surface area (Å²) < 4.78 is 20.5. The van der Waals surface area contributed by atoms with Crippen LogP contribution in [0.4, 0.5) is 10.2 Å². The SMILES string of the molecule is CCN(C(=O)c1cc(F)ccc1Oc1cncnc1N1CC2(CCN(C[C@H]3CC[C@]4(CC3)CC3(CC3)C(=O)N4)CC2)C1)C(C)C. The smallest absolute Gasteiger partial charge is 0.257 e. The van der Waals surface area contributed by atoms with Gasteiger partial charge in [-0.1, -0.05) is 0 Å². The fourth-order valence-corrected chi connectivity index (χ4v) is 8.61. The van der Waals surface area contributed by atoms with E-state index >= 15 is 0 Å². The average Bonchev–Trinajstić information content (AvgIpc) is 3.74. The Morgan fingerprint density at radius 2 is 1.84 bits per heavy atom. The first-order chi connectivity index (χ1) is 21.6. The topological polar surface area (TPSA) is 90.9 Å². The molecule has 2 aliphatic carbocycles. The van der Waals surface area contributed by atoms with E-state index in [1.165, 1.54) is 56.8 Å². The minimum absolute atomic E-state index is 0.0103. The molecule has 3 spiro atoms. The Balaban J connectivity index is 0.937. The van der Waals surface area contributed by atoms with E-state index < -0.39 is 5.82 Å². The number of nitrogens with one attached hydrogen (secondary N) is 1. The van der Waals surface area contributed by atoms with Crippen molar-refractivity contribution in [3.05, 3.63) is 42.1 Å². The first kappa shape index (κ1) is 30.4. The third-order valence-electron chi connectivity index (χ3n) is 11.5. The summed E-state index contributed by atoms with van der Waals surface area (Å²) in [5.74, 6) is 1.80. The minimum atomic E-state index is -0.479. The number of hydrogen-bond acceptors (Lipinski definition) is 7. The van der Waals surface area contributed by atoms with Crippen LogP contribution in [0.2, 0.25) is 0 Å². The predicted octanol–water partition coefficient (Wildman–Crippen LogP) is 5.41. The summed E-state index contributed by atoms with van der Waals surface area (Å²) in [6.45, 7) is 11.5. The summed E-state index contributed by atoms with van der Waals surface area (Å²) in [6.07, 6.45) is 13.5. The van der Waals surface area contributed by atoms with Crippen LogP contribution in [0.5, 0.6) is 11.5 Å². The second-order valence-electron chi connectivity index (χ2n) is 14.9. The Morgan fingerprint density at radius 1 is 1.11 bits per heavy atom. The molecule has 0 radical (unpaired) electrons. The zero-order valence-electron chi connectivity index (χ0n) is 27.0. The van der Waals surface area contributed by atoms with Gasteiger partial charge in [0, 0.05) is 43.2 Å². The van der Waals surface area contributed by atoms with Gasteiger partial charge in [0.25, 0.3) is 5.91 Å². The number of carbonyl (C=O) groups is 2. The van der Waals surface area contributed by atoms with Gasteiger partial charge in [-0.3, -0.25) is 9.59 Å². The standard InChI is InChI=1S/C35H47FN6O3/c1-4-42(24(2)3)31(43)27-17-26(36)5-6-28(27)45-29-18-37-23-38-30(29)41-21-33(22-41)13-15-40(16-14-33)19-25-7-9-35(10-8-25)20-34(11-12-34)32(44)39-35/h5-6,17-18,23-25H,4,7-16,19-22H2,1-3H3,(H,39,44)/t25-,35-. The minimum Gasteiger partial charge on any atom is -0.451 e. The van der Waals surface area contributed by atoms with E-state index in [4.69, 9.17) is 4.74 Å². The molecule has 5 aliphatic rings. The van der Waals surface area contributed by atoms with E-state index in [0.717, 1.165) is 64.2 Å². The van der Waals surface area contributed by atoms with Crippen LogP contribution in [0, 0.1) is 22.6 Å². The highest BCUT2D eigenvalue weighted by Gasteiger charge is 2.61. The number of carbonyl (C=O) groups excluding carboxylic acids is 2. The molecule has 2 saturated carbocycles. The lowest BCUT2D eigenvalue weighted by Crippen LogP contribution is -2.61. The molecule has 5 fully saturated rings. The quantitative estimate of drug-likeness (QED) is 0.423. The first-order valence-electron chi connectivity index (χ1n) is 17.0. The number of anilines is 1. The van der Waals surface area contributed by atoms with Gasteiger partial charge in [-0.25, -0.2) is 14.4 Å². The molecular weight excluding hydrogens is 571 g/mol. The molecule has 0 unspecified atom stereocenters. The lowest BCUT2D eigenvalue weighted by atomic mass is 9.71. The van der Waals surface area contributed by atoms with E-state index in [9.17, 15) is 14.0 Å². The molecule has 9 nitrogen and oxygen atoms in total. The van der Waals surface area contributed by atoms with Crippen LogP contribution in [0.3, 0.4) is 0 Å². The number of piperidine rings is 1. The van der Waals surface area contributed by atoms with Gasteiger partial charge in [0.15, 0.2) is 11.6 Å². The lowest BCUT2D eigenvalue weighted by Gasteiger charge is -2.55. The number of amides is 2. The van der Waals surface area contributed by atoms with Crippen molar-refractivity contribution in [2.45, 2.75) is 90.1 Å². The fourth-order valence-electron chi connectivity index (χ4n) is 8.61. The zero-order valence-corrected chi connectivity index (χ0v) is 27.0. The van der Waals surface area contributed by atoms with Gasteiger partial charge in [0.2, 0.25) is 5.91 Å². The largest absolute Gasteiger partial charge is 0.451 e. The molecule has 1 N–H and O–H groups in total. The maximum Gasteiger partial charge on any atom is 0.257 e. The second-order valence-corrected chi connectivity index (χ2v) is 14.9. The van der Waals surface area contributed by atoms with E-state index in [1.54, 1.807) is 11.1 Å². The molecule has 2 aromatic rings. The van der Waals surface area contributed by atoms with Crippen molar-refractivity contribution in [2.24, 2.45) is 16.7 Å². The van der Waals surface area contributed by atoms with Gasteiger partial charge in [-0.2, -0.15) is 0 Å². The van der Waals surface area contributed by atoms with Crippen molar-refractivity contribution in [1.82, 2.24) is 25.1 Å². The summed E-state index contributed by atoms with van der Waals surface area (Å²) >= 11 is 0. The van der Waals surface area contributed by atoms with E-state index in [2.05, 4.69) is 25.1 Å². The molecule has 242 valence electrons. The van der Waals surface area contributed by atoms with Gasteiger partial charge in [0.1, 0.15) is 17.9 Å². The van der Waals surface area contributed by atoms with Crippen LogP contribution < -0.4 is 15.0 Å².